The third-order valence-electron chi connectivity index (χ3n) is 1.93. The molecule has 2 rings (SSSR count). The quantitative estimate of drug-likeness (QED) is 0.650. The number of aromatic nitrogens is 4. The molecule has 0 bridgehead atoms. The molecule has 5 nitrogen and oxygen atoms in total. The maximum absolute atomic E-state index is 10.5. The number of aldehydes is 1. The molecule has 0 saturated carbocycles. The topological polar surface area (TPSA) is 60.7 Å². The molecule has 2 aromatic rings. The Bertz CT molecular complexity index is 449. The predicted molar refractivity (Wildman–Crippen MR) is 49.6 cm³/mol. The van der Waals surface area contributed by atoms with E-state index in [9.17, 15) is 4.79 Å². The van der Waals surface area contributed by atoms with Gasteiger partial charge in [0.05, 0.1) is 0 Å². The summed E-state index contributed by atoms with van der Waals surface area (Å²) in [5.74, 6) is 0.948. The molecule has 0 aromatic carbocycles. The van der Waals surface area contributed by atoms with Crippen molar-refractivity contribution in [1.29, 1.82) is 0 Å². The van der Waals surface area contributed by atoms with Gasteiger partial charge in [0.2, 0.25) is 0 Å². The Balaban J connectivity index is 2.53. The summed E-state index contributed by atoms with van der Waals surface area (Å²) in [6, 6.07) is 3.68. The van der Waals surface area contributed by atoms with Gasteiger partial charge < -0.3 is 4.57 Å². The summed E-state index contributed by atoms with van der Waals surface area (Å²) in [6.07, 6.45) is 4.03. The van der Waals surface area contributed by atoms with Gasteiger partial charge in [0.15, 0.2) is 17.9 Å². The minimum Gasteiger partial charge on any atom is -0.308 e. The summed E-state index contributed by atoms with van der Waals surface area (Å²) in [6.45, 7) is 0. The second kappa shape index (κ2) is 3.37. The zero-order chi connectivity index (χ0) is 9.97. The Hall–Kier alpha value is -2.04. The standard InChI is InChI=1S/C9H8N4O/c1-13-8(6-14)11-12-9(13)7-3-2-4-10-5-7/h2-6H,1H3. The number of nitrogens with zero attached hydrogens (tertiary/aromatic N) is 4. The van der Waals surface area contributed by atoms with Crippen molar-refractivity contribution < 1.29 is 4.79 Å². The fraction of sp³-hybridized carbons (Fsp3) is 0.111. The third kappa shape index (κ3) is 1.28. The van der Waals surface area contributed by atoms with Crippen molar-refractivity contribution in [3.8, 4) is 11.4 Å². The molecular weight excluding hydrogens is 180 g/mol. The van der Waals surface area contributed by atoms with E-state index in [0.717, 1.165) is 5.56 Å². The van der Waals surface area contributed by atoms with Gasteiger partial charge in [0, 0.05) is 25.0 Å². The average molecular weight is 188 g/mol. The van der Waals surface area contributed by atoms with Crippen molar-refractivity contribution in [2.45, 2.75) is 0 Å². The molecule has 0 aliphatic carbocycles. The maximum atomic E-state index is 10.5. The van der Waals surface area contributed by atoms with Crippen molar-refractivity contribution in [3.63, 3.8) is 0 Å². The number of hydrogen-bond acceptors (Lipinski definition) is 4. The summed E-state index contributed by atoms with van der Waals surface area (Å²) in [7, 11) is 1.74. The lowest BCUT2D eigenvalue weighted by atomic mass is 10.3. The van der Waals surface area contributed by atoms with Crippen LogP contribution >= 0.6 is 0 Å². The molecule has 0 fully saturated rings. The van der Waals surface area contributed by atoms with Crippen LogP contribution in [0.2, 0.25) is 0 Å². The van der Waals surface area contributed by atoms with Crippen LogP contribution in [0.1, 0.15) is 10.6 Å². The summed E-state index contributed by atoms with van der Waals surface area (Å²) in [5, 5.41) is 7.63. The predicted octanol–water partition coefficient (Wildman–Crippen LogP) is 0.690. The van der Waals surface area contributed by atoms with Gasteiger partial charge in [-0.05, 0) is 12.1 Å². The summed E-state index contributed by atoms with van der Waals surface area (Å²) in [4.78, 5) is 14.5. The SMILES string of the molecule is Cn1c(C=O)nnc1-c1cccnc1. The van der Waals surface area contributed by atoms with E-state index in [-0.39, 0.29) is 0 Å². The first-order chi connectivity index (χ1) is 6.83. The molecule has 2 heterocycles. The molecular formula is C9H8N4O. The van der Waals surface area contributed by atoms with Gasteiger partial charge >= 0.3 is 0 Å². The molecule has 14 heavy (non-hydrogen) atoms. The van der Waals surface area contributed by atoms with Crippen molar-refractivity contribution in [2.75, 3.05) is 0 Å². The maximum Gasteiger partial charge on any atom is 0.196 e. The molecule has 0 saturated heterocycles. The molecule has 5 heteroatoms. The van der Waals surface area contributed by atoms with E-state index < -0.39 is 0 Å². The number of carbonyl (C=O) groups is 1. The zero-order valence-electron chi connectivity index (χ0n) is 7.58. The molecule has 70 valence electrons. The van der Waals surface area contributed by atoms with Crippen LogP contribution in [-0.4, -0.2) is 26.0 Å². The molecule has 0 atom stereocenters. The Labute approximate surface area is 80.4 Å². The van der Waals surface area contributed by atoms with Gasteiger partial charge in [-0.25, -0.2) is 0 Å². The lowest BCUT2D eigenvalue weighted by Crippen LogP contribution is -1.97. The van der Waals surface area contributed by atoms with Gasteiger partial charge in [-0.1, -0.05) is 0 Å². The molecule has 0 radical (unpaired) electrons. The van der Waals surface area contributed by atoms with E-state index in [1.165, 1.54) is 0 Å². The Morgan fingerprint density at radius 1 is 1.43 bits per heavy atom. The molecule has 0 aliphatic heterocycles. The van der Waals surface area contributed by atoms with Crippen molar-refractivity contribution in [3.05, 3.63) is 30.4 Å². The number of hydrogen-bond donors (Lipinski definition) is 0. The fourth-order valence-corrected chi connectivity index (χ4v) is 1.19. The van der Waals surface area contributed by atoms with E-state index >= 15 is 0 Å². The van der Waals surface area contributed by atoms with Gasteiger partial charge in [-0.15, -0.1) is 10.2 Å². The van der Waals surface area contributed by atoms with E-state index in [1.807, 2.05) is 12.1 Å². The smallest absolute Gasteiger partial charge is 0.196 e. The van der Waals surface area contributed by atoms with Crippen LogP contribution in [0.4, 0.5) is 0 Å². The number of carbonyl (C=O) groups excluding carboxylic acids is 1. The van der Waals surface area contributed by atoms with Crippen molar-refractivity contribution >= 4 is 6.29 Å². The highest BCUT2D eigenvalue weighted by atomic mass is 16.1. The minimum atomic E-state index is 0.309. The van der Waals surface area contributed by atoms with E-state index in [0.29, 0.717) is 17.9 Å². The van der Waals surface area contributed by atoms with Crippen molar-refractivity contribution in [1.82, 2.24) is 19.7 Å². The highest BCUT2D eigenvalue weighted by molar-refractivity contribution is 5.71. The van der Waals surface area contributed by atoms with Gasteiger partial charge in [0.25, 0.3) is 0 Å². The van der Waals surface area contributed by atoms with Crippen LogP contribution in [0.3, 0.4) is 0 Å². The molecule has 0 spiro atoms. The lowest BCUT2D eigenvalue weighted by molar-refractivity contribution is 0.111. The zero-order valence-corrected chi connectivity index (χ0v) is 7.58. The van der Waals surface area contributed by atoms with E-state index in [4.69, 9.17) is 0 Å². The highest BCUT2D eigenvalue weighted by Gasteiger charge is 2.08. The van der Waals surface area contributed by atoms with E-state index in [1.54, 1.807) is 24.0 Å². The molecule has 0 amide bonds. The third-order valence-corrected chi connectivity index (χ3v) is 1.93. The first-order valence-corrected chi connectivity index (χ1v) is 4.08. The molecule has 0 aliphatic rings. The van der Waals surface area contributed by atoms with E-state index in [2.05, 4.69) is 15.2 Å². The fourth-order valence-electron chi connectivity index (χ4n) is 1.19. The Morgan fingerprint density at radius 3 is 2.86 bits per heavy atom. The van der Waals surface area contributed by atoms with Crippen LogP contribution in [0.15, 0.2) is 24.5 Å². The van der Waals surface area contributed by atoms with Gasteiger partial charge in [-0.2, -0.15) is 0 Å². The molecule has 0 unspecified atom stereocenters. The van der Waals surface area contributed by atoms with Crippen LogP contribution in [0, 0.1) is 0 Å². The first-order valence-electron chi connectivity index (χ1n) is 4.08. The van der Waals surface area contributed by atoms with Crippen LogP contribution in [-0.2, 0) is 7.05 Å². The lowest BCUT2D eigenvalue weighted by Gasteiger charge is -1.99. The Morgan fingerprint density at radius 2 is 2.29 bits per heavy atom. The highest BCUT2D eigenvalue weighted by Crippen LogP contribution is 2.14. The normalized spacial score (nSPS) is 10.1. The second-order valence-electron chi connectivity index (χ2n) is 2.80. The first kappa shape index (κ1) is 8.55. The minimum absolute atomic E-state index is 0.309. The summed E-state index contributed by atoms with van der Waals surface area (Å²) in [5.41, 5.74) is 0.843. The largest absolute Gasteiger partial charge is 0.308 e. The molecule has 2 aromatic heterocycles. The summed E-state index contributed by atoms with van der Waals surface area (Å²) >= 11 is 0. The van der Waals surface area contributed by atoms with Crippen molar-refractivity contribution in [2.24, 2.45) is 7.05 Å². The average Bonchev–Trinajstić information content (AvgIpc) is 2.61. The van der Waals surface area contributed by atoms with Crippen LogP contribution in [0.5, 0.6) is 0 Å². The number of rotatable bonds is 2. The van der Waals surface area contributed by atoms with Gasteiger partial charge in [-0.3, -0.25) is 9.78 Å². The number of pyridine rings is 1. The monoisotopic (exact) mass is 188 g/mol. The van der Waals surface area contributed by atoms with Crippen LogP contribution in [0.25, 0.3) is 11.4 Å². The van der Waals surface area contributed by atoms with Crippen LogP contribution < -0.4 is 0 Å². The van der Waals surface area contributed by atoms with Gasteiger partial charge in [0.1, 0.15) is 0 Å². The Kier molecular flexibility index (Phi) is 2.06. The summed E-state index contributed by atoms with van der Waals surface area (Å²) < 4.78 is 1.63. The molecule has 0 N–H and O–H groups in total. The second-order valence-corrected chi connectivity index (χ2v) is 2.80.